The summed E-state index contributed by atoms with van der Waals surface area (Å²) in [4.78, 5) is 0.184. The van der Waals surface area contributed by atoms with Crippen LogP contribution >= 0.6 is 11.6 Å². The maximum Gasteiger partial charge on any atom is 0.262 e. The van der Waals surface area contributed by atoms with Crippen LogP contribution in [0, 0.1) is 0 Å². The lowest BCUT2D eigenvalue weighted by Gasteiger charge is -2.14. The van der Waals surface area contributed by atoms with Crippen LogP contribution in [0.5, 0.6) is 5.75 Å². The first kappa shape index (κ1) is 16.6. The summed E-state index contributed by atoms with van der Waals surface area (Å²) in [6.07, 6.45) is 0. The predicted octanol–water partition coefficient (Wildman–Crippen LogP) is 4.69. The fraction of sp³-hybridized carbons (Fsp3) is 0.111. The van der Waals surface area contributed by atoms with E-state index >= 15 is 0 Å². The lowest BCUT2D eigenvalue weighted by atomic mass is 10.1. The van der Waals surface area contributed by atoms with Crippen LogP contribution < -0.4 is 9.46 Å². The number of fused-ring (bicyclic) bond motifs is 1. The molecule has 0 aromatic heterocycles. The number of sulfonamides is 1. The molecule has 0 atom stereocenters. The first-order valence-corrected chi connectivity index (χ1v) is 9.30. The summed E-state index contributed by atoms with van der Waals surface area (Å²) in [6, 6.07) is 17.5. The molecule has 124 valence electrons. The summed E-state index contributed by atoms with van der Waals surface area (Å²) in [5.41, 5.74) is 0.317. The van der Waals surface area contributed by atoms with Gasteiger partial charge >= 0.3 is 0 Å². The minimum Gasteiger partial charge on any atom is -0.490 e. The van der Waals surface area contributed by atoms with E-state index in [2.05, 4.69) is 4.72 Å². The Balaban J connectivity index is 2.00. The Morgan fingerprint density at radius 1 is 1.00 bits per heavy atom. The highest BCUT2D eigenvalue weighted by Crippen LogP contribution is 2.34. The monoisotopic (exact) mass is 361 g/mol. The van der Waals surface area contributed by atoms with Crippen LogP contribution in [0.15, 0.2) is 65.6 Å². The normalized spacial score (nSPS) is 11.4. The Kier molecular flexibility index (Phi) is 4.64. The number of benzene rings is 3. The molecule has 1 N–H and O–H groups in total. The summed E-state index contributed by atoms with van der Waals surface area (Å²) in [7, 11) is -3.75. The molecule has 0 bridgehead atoms. The molecule has 0 saturated heterocycles. The second-order valence-electron chi connectivity index (χ2n) is 5.16. The lowest BCUT2D eigenvalue weighted by molar-refractivity contribution is 0.342. The van der Waals surface area contributed by atoms with Crippen molar-refractivity contribution in [3.05, 3.63) is 65.7 Å². The van der Waals surface area contributed by atoms with Gasteiger partial charge in [-0.2, -0.15) is 0 Å². The molecule has 0 aliphatic rings. The summed E-state index contributed by atoms with van der Waals surface area (Å²) in [5, 5.41) is 2.20. The minimum atomic E-state index is -3.75. The van der Waals surface area contributed by atoms with Crippen LogP contribution in [0.3, 0.4) is 0 Å². The summed E-state index contributed by atoms with van der Waals surface area (Å²) < 4.78 is 33.4. The third-order valence-corrected chi connectivity index (χ3v) is 5.19. The fourth-order valence-corrected chi connectivity index (χ4v) is 3.75. The van der Waals surface area contributed by atoms with Crippen molar-refractivity contribution in [2.24, 2.45) is 0 Å². The van der Waals surface area contributed by atoms with E-state index in [4.69, 9.17) is 16.3 Å². The quantitative estimate of drug-likeness (QED) is 0.717. The Bertz CT molecular complexity index is 986. The SMILES string of the molecule is CCOc1c(Cl)cccc1NS(=O)(=O)c1ccc2ccccc2c1. The van der Waals surface area contributed by atoms with Gasteiger partial charge in [-0.1, -0.05) is 48.0 Å². The molecule has 0 amide bonds. The lowest BCUT2D eigenvalue weighted by Crippen LogP contribution is -2.14. The van der Waals surface area contributed by atoms with Crippen LogP contribution in [0.1, 0.15) is 6.92 Å². The van der Waals surface area contributed by atoms with Crippen molar-refractivity contribution < 1.29 is 13.2 Å². The van der Waals surface area contributed by atoms with Crippen molar-refractivity contribution in [1.29, 1.82) is 0 Å². The number of rotatable bonds is 5. The van der Waals surface area contributed by atoms with E-state index in [1.807, 2.05) is 31.2 Å². The Morgan fingerprint density at radius 2 is 1.75 bits per heavy atom. The third-order valence-electron chi connectivity index (χ3n) is 3.53. The van der Waals surface area contributed by atoms with Gasteiger partial charge in [0.05, 0.1) is 22.2 Å². The van der Waals surface area contributed by atoms with E-state index in [-0.39, 0.29) is 4.90 Å². The average molecular weight is 362 g/mol. The van der Waals surface area contributed by atoms with E-state index in [0.29, 0.717) is 23.1 Å². The summed E-state index contributed by atoms with van der Waals surface area (Å²) in [5.74, 6) is 0.325. The van der Waals surface area contributed by atoms with E-state index in [0.717, 1.165) is 10.8 Å². The van der Waals surface area contributed by atoms with Gasteiger partial charge in [-0.05, 0) is 42.0 Å². The number of ether oxygens (including phenoxy) is 1. The number of hydrogen-bond acceptors (Lipinski definition) is 3. The van der Waals surface area contributed by atoms with Crippen molar-refractivity contribution in [3.63, 3.8) is 0 Å². The van der Waals surface area contributed by atoms with Gasteiger partial charge in [0, 0.05) is 0 Å². The second-order valence-corrected chi connectivity index (χ2v) is 7.25. The van der Waals surface area contributed by atoms with E-state index in [1.54, 1.807) is 36.4 Å². The average Bonchev–Trinajstić information content (AvgIpc) is 2.57. The van der Waals surface area contributed by atoms with Gasteiger partial charge in [-0.3, -0.25) is 4.72 Å². The van der Waals surface area contributed by atoms with Gasteiger partial charge in [0.15, 0.2) is 5.75 Å². The third kappa shape index (κ3) is 3.32. The van der Waals surface area contributed by atoms with Crippen molar-refractivity contribution >= 4 is 38.1 Å². The standard InChI is InChI=1S/C18H16ClNO3S/c1-2-23-18-16(19)8-5-9-17(18)20-24(21,22)15-11-10-13-6-3-4-7-14(13)12-15/h3-12,20H,2H2,1H3. The molecule has 3 aromatic carbocycles. The molecule has 0 saturated carbocycles. The number of para-hydroxylation sites is 1. The van der Waals surface area contributed by atoms with Gasteiger partial charge in [-0.25, -0.2) is 8.42 Å². The van der Waals surface area contributed by atoms with Crippen LogP contribution in [-0.2, 0) is 10.0 Å². The van der Waals surface area contributed by atoms with Crippen molar-refractivity contribution in [2.45, 2.75) is 11.8 Å². The van der Waals surface area contributed by atoms with Gasteiger partial charge < -0.3 is 4.74 Å². The van der Waals surface area contributed by atoms with Gasteiger partial charge in [0.25, 0.3) is 10.0 Å². The van der Waals surface area contributed by atoms with Crippen molar-refractivity contribution in [2.75, 3.05) is 11.3 Å². The number of halogens is 1. The maximum absolute atomic E-state index is 12.7. The van der Waals surface area contributed by atoms with Crippen molar-refractivity contribution in [1.82, 2.24) is 0 Å². The van der Waals surface area contributed by atoms with Gasteiger partial charge in [0.2, 0.25) is 0 Å². The Hall–Kier alpha value is -2.24. The van der Waals surface area contributed by atoms with Crippen LogP contribution in [-0.4, -0.2) is 15.0 Å². The van der Waals surface area contributed by atoms with Crippen LogP contribution in [0.25, 0.3) is 10.8 Å². The first-order valence-electron chi connectivity index (χ1n) is 7.44. The smallest absolute Gasteiger partial charge is 0.262 e. The number of anilines is 1. The van der Waals surface area contributed by atoms with E-state index in [9.17, 15) is 8.42 Å². The zero-order valence-corrected chi connectivity index (χ0v) is 14.6. The zero-order chi connectivity index (χ0) is 17.2. The van der Waals surface area contributed by atoms with E-state index in [1.165, 1.54) is 0 Å². The number of hydrogen-bond donors (Lipinski definition) is 1. The maximum atomic E-state index is 12.7. The molecular formula is C18H16ClNO3S. The highest BCUT2D eigenvalue weighted by molar-refractivity contribution is 7.92. The molecule has 4 nitrogen and oxygen atoms in total. The summed E-state index contributed by atoms with van der Waals surface area (Å²) >= 11 is 6.10. The molecule has 3 aromatic rings. The second kappa shape index (κ2) is 6.71. The van der Waals surface area contributed by atoms with Crippen molar-refractivity contribution in [3.8, 4) is 5.75 Å². The van der Waals surface area contributed by atoms with Gasteiger partial charge in [-0.15, -0.1) is 0 Å². The Morgan fingerprint density at radius 3 is 2.50 bits per heavy atom. The fourth-order valence-electron chi connectivity index (χ4n) is 2.42. The molecule has 0 fully saturated rings. The summed E-state index contributed by atoms with van der Waals surface area (Å²) in [6.45, 7) is 2.19. The van der Waals surface area contributed by atoms with Gasteiger partial charge in [0.1, 0.15) is 0 Å². The molecule has 6 heteroatoms. The minimum absolute atomic E-state index is 0.184. The molecule has 24 heavy (non-hydrogen) atoms. The predicted molar refractivity (Wildman–Crippen MR) is 97.4 cm³/mol. The van der Waals surface area contributed by atoms with Crippen LogP contribution in [0.2, 0.25) is 5.02 Å². The molecule has 0 aliphatic carbocycles. The highest BCUT2D eigenvalue weighted by atomic mass is 35.5. The molecule has 0 heterocycles. The molecule has 0 radical (unpaired) electrons. The topological polar surface area (TPSA) is 55.4 Å². The van der Waals surface area contributed by atoms with E-state index < -0.39 is 10.0 Å². The largest absolute Gasteiger partial charge is 0.490 e. The Labute approximate surface area is 146 Å². The molecule has 3 rings (SSSR count). The zero-order valence-electron chi connectivity index (χ0n) is 13.0. The first-order chi connectivity index (χ1) is 11.5. The van der Waals surface area contributed by atoms with Crippen LogP contribution in [0.4, 0.5) is 5.69 Å². The molecule has 0 spiro atoms. The highest BCUT2D eigenvalue weighted by Gasteiger charge is 2.18. The number of nitrogens with one attached hydrogen (secondary N) is 1. The molecule has 0 aliphatic heterocycles. The molecular weight excluding hydrogens is 346 g/mol. The molecule has 0 unspecified atom stereocenters.